The van der Waals surface area contributed by atoms with E-state index in [9.17, 15) is 15.3 Å². The Labute approximate surface area is 149 Å². The van der Waals surface area contributed by atoms with Crippen LogP contribution in [0.5, 0.6) is 5.75 Å². The van der Waals surface area contributed by atoms with Crippen molar-refractivity contribution in [1.29, 1.82) is 0 Å². The van der Waals surface area contributed by atoms with Crippen LogP contribution in [-0.4, -0.2) is 35.1 Å². The van der Waals surface area contributed by atoms with Gasteiger partial charge in [-0.2, -0.15) is 0 Å². The number of aliphatic hydroxyl groups is 3. The summed E-state index contributed by atoms with van der Waals surface area (Å²) in [4.78, 5) is 0. The van der Waals surface area contributed by atoms with Gasteiger partial charge in [0.2, 0.25) is 0 Å². The van der Waals surface area contributed by atoms with Crippen LogP contribution in [0.4, 0.5) is 0 Å². The zero-order chi connectivity index (χ0) is 18.6. The average molecular weight is 344 g/mol. The molecule has 0 radical (unpaired) electrons. The molecule has 0 amide bonds. The number of hydrogen-bond donors (Lipinski definition) is 3. The lowest BCUT2D eigenvalue weighted by Crippen LogP contribution is -2.43. The summed E-state index contributed by atoms with van der Waals surface area (Å²) in [6.45, 7) is 6.71. The summed E-state index contributed by atoms with van der Waals surface area (Å²) < 4.78 is 6.38. The fraction of sp³-hybridized carbons (Fsp3) is 0.429. The summed E-state index contributed by atoms with van der Waals surface area (Å²) >= 11 is 0. The normalized spacial score (nSPS) is 12.9. The van der Waals surface area contributed by atoms with Crippen molar-refractivity contribution in [2.75, 3.05) is 19.8 Å². The molecule has 3 N–H and O–H groups in total. The first kappa shape index (κ1) is 19.4. The number of hydrogen-bond acceptors (Lipinski definition) is 4. The number of ether oxygens (including phenoxy) is 1. The molecule has 0 saturated heterocycles. The number of aryl methyl sites for hydroxylation is 4. The van der Waals surface area contributed by atoms with Crippen LogP contribution in [0.2, 0.25) is 0 Å². The van der Waals surface area contributed by atoms with Crippen molar-refractivity contribution < 1.29 is 20.1 Å². The Balaban J connectivity index is 2.65. The molecule has 0 aromatic heterocycles. The minimum atomic E-state index is -1.19. The molecule has 136 valence electrons. The number of para-hydroxylation sites is 1. The Morgan fingerprint density at radius 3 is 1.56 bits per heavy atom. The molecule has 0 aliphatic carbocycles. The summed E-state index contributed by atoms with van der Waals surface area (Å²) in [6, 6.07) is 11.8. The molecule has 2 rings (SSSR count). The molecule has 0 aliphatic heterocycles. The maximum Gasteiger partial charge on any atom is 0.136 e. The monoisotopic (exact) mass is 344 g/mol. The third-order valence-corrected chi connectivity index (χ3v) is 4.95. The number of benzene rings is 2. The van der Waals surface area contributed by atoms with Crippen molar-refractivity contribution in [3.05, 3.63) is 64.2 Å². The average Bonchev–Trinajstić information content (AvgIpc) is 2.59. The van der Waals surface area contributed by atoms with Gasteiger partial charge in [-0.3, -0.25) is 0 Å². The molecule has 0 fully saturated rings. The predicted octanol–water partition coefficient (Wildman–Crippen LogP) is 3.00. The SMILES string of the molecule is Cc1cccc(C)c1OC(c1c(C)cccc1C)C(CO)(CO)CO. The summed E-state index contributed by atoms with van der Waals surface area (Å²) in [5, 5.41) is 30.0. The first-order valence-electron chi connectivity index (χ1n) is 8.51. The van der Waals surface area contributed by atoms with Gasteiger partial charge < -0.3 is 20.1 Å². The Morgan fingerprint density at radius 2 is 1.16 bits per heavy atom. The predicted molar refractivity (Wildman–Crippen MR) is 98.9 cm³/mol. The van der Waals surface area contributed by atoms with Crippen LogP contribution in [0, 0.1) is 33.1 Å². The van der Waals surface area contributed by atoms with Gasteiger partial charge in [0, 0.05) is 0 Å². The van der Waals surface area contributed by atoms with Crippen LogP contribution in [0.25, 0.3) is 0 Å². The molecule has 4 heteroatoms. The lowest BCUT2D eigenvalue weighted by atomic mass is 9.78. The third kappa shape index (κ3) is 3.71. The van der Waals surface area contributed by atoms with E-state index in [0.717, 1.165) is 33.6 Å². The van der Waals surface area contributed by atoms with E-state index in [-0.39, 0.29) is 19.8 Å². The van der Waals surface area contributed by atoms with E-state index in [1.165, 1.54) is 0 Å². The van der Waals surface area contributed by atoms with E-state index in [1.54, 1.807) is 0 Å². The summed E-state index contributed by atoms with van der Waals surface area (Å²) in [5.74, 6) is 0.717. The van der Waals surface area contributed by atoms with Gasteiger partial charge in [-0.1, -0.05) is 36.4 Å². The largest absolute Gasteiger partial charge is 0.484 e. The number of rotatable bonds is 7. The van der Waals surface area contributed by atoms with Gasteiger partial charge >= 0.3 is 0 Å². The molecule has 4 nitrogen and oxygen atoms in total. The van der Waals surface area contributed by atoms with Gasteiger partial charge in [-0.15, -0.1) is 0 Å². The van der Waals surface area contributed by atoms with Crippen LogP contribution >= 0.6 is 0 Å². The highest BCUT2D eigenvalue weighted by molar-refractivity contribution is 5.42. The molecule has 2 aromatic carbocycles. The van der Waals surface area contributed by atoms with E-state index in [4.69, 9.17) is 4.74 Å². The minimum Gasteiger partial charge on any atom is -0.484 e. The first-order chi connectivity index (χ1) is 11.9. The van der Waals surface area contributed by atoms with Gasteiger partial charge in [0.1, 0.15) is 11.9 Å². The van der Waals surface area contributed by atoms with Gasteiger partial charge in [-0.05, 0) is 55.5 Å². The highest BCUT2D eigenvalue weighted by atomic mass is 16.5. The van der Waals surface area contributed by atoms with Gasteiger partial charge in [-0.25, -0.2) is 0 Å². The Bertz CT molecular complexity index is 671. The molecule has 2 aromatic rings. The van der Waals surface area contributed by atoms with E-state index >= 15 is 0 Å². The minimum absolute atomic E-state index is 0.386. The van der Waals surface area contributed by atoms with E-state index in [2.05, 4.69) is 0 Å². The Kier molecular flexibility index (Phi) is 6.22. The molecule has 25 heavy (non-hydrogen) atoms. The van der Waals surface area contributed by atoms with E-state index in [0.29, 0.717) is 0 Å². The van der Waals surface area contributed by atoms with Crippen molar-refractivity contribution >= 4 is 0 Å². The van der Waals surface area contributed by atoms with E-state index < -0.39 is 11.5 Å². The Morgan fingerprint density at radius 1 is 0.760 bits per heavy atom. The lowest BCUT2D eigenvalue weighted by molar-refractivity contribution is -0.0750. The summed E-state index contributed by atoms with van der Waals surface area (Å²) in [5.41, 5.74) is 3.64. The third-order valence-electron chi connectivity index (χ3n) is 4.95. The second-order valence-corrected chi connectivity index (χ2v) is 6.86. The second-order valence-electron chi connectivity index (χ2n) is 6.86. The molecule has 1 atom stereocenters. The highest BCUT2D eigenvalue weighted by Crippen LogP contribution is 2.41. The highest BCUT2D eigenvalue weighted by Gasteiger charge is 2.42. The molecular weight excluding hydrogens is 316 g/mol. The first-order valence-corrected chi connectivity index (χ1v) is 8.51. The van der Waals surface area contributed by atoms with Crippen LogP contribution < -0.4 is 4.74 Å². The fourth-order valence-corrected chi connectivity index (χ4v) is 3.23. The fourth-order valence-electron chi connectivity index (χ4n) is 3.23. The van der Waals surface area contributed by atoms with Crippen molar-refractivity contribution in [2.45, 2.75) is 33.8 Å². The molecule has 0 bridgehead atoms. The van der Waals surface area contributed by atoms with Gasteiger partial charge in [0.05, 0.1) is 25.2 Å². The molecule has 0 aliphatic rings. The van der Waals surface area contributed by atoms with Crippen LogP contribution in [-0.2, 0) is 0 Å². The maximum atomic E-state index is 10.0. The van der Waals surface area contributed by atoms with Crippen molar-refractivity contribution in [3.63, 3.8) is 0 Å². The van der Waals surface area contributed by atoms with Gasteiger partial charge in [0.25, 0.3) is 0 Å². The summed E-state index contributed by atoms with van der Waals surface area (Å²) in [6.07, 6.45) is -0.673. The zero-order valence-corrected chi connectivity index (χ0v) is 15.4. The van der Waals surface area contributed by atoms with Crippen molar-refractivity contribution in [2.24, 2.45) is 5.41 Å². The quantitative estimate of drug-likeness (QED) is 0.722. The lowest BCUT2D eigenvalue weighted by Gasteiger charge is -2.38. The molecular formula is C21H28O4. The summed E-state index contributed by atoms with van der Waals surface area (Å²) in [7, 11) is 0. The molecule has 0 spiro atoms. The molecule has 0 saturated carbocycles. The van der Waals surface area contributed by atoms with Crippen molar-refractivity contribution in [1.82, 2.24) is 0 Å². The smallest absolute Gasteiger partial charge is 0.136 e. The zero-order valence-electron chi connectivity index (χ0n) is 15.4. The molecule has 1 unspecified atom stereocenters. The Hall–Kier alpha value is -1.88. The van der Waals surface area contributed by atoms with Gasteiger partial charge in [0.15, 0.2) is 0 Å². The van der Waals surface area contributed by atoms with Crippen LogP contribution in [0.1, 0.15) is 33.9 Å². The molecule has 0 heterocycles. The number of aliphatic hydroxyl groups excluding tert-OH is 3. The second kappa shape index (κ2) is 8.00. The van der Waals surface area contributed by atoms with Crippen molar-refractivity contribution in [3.8, 4) is 5.75 Å². The van der Waals surface area contributed by atoms with Crippen LogP contribution in [0.3, 0.4) is 0 Å². The maximum absolute atomic E-state index is 10.0. The topological polar surface area (TPSA) is 69.9 Å². The van der Waals surface area contributed by atoms with Crippen LogP contribution in [0.15, 0.2) is 36.4 Å². The standard InChI is InChI=1S/C21H28O4/c1-14-7-5-8-15(2)18(14)20(21(11-22,12-23)13-24)25-19-16(3)9-6-10-17(19)4/h5-10,20,22-24H,11-13H2,1-4H3. The van der Waals surface area contributed by atoms with E-state index in [1.807, 2.05) is 64.1 Å².